The van der Waals surface area contributed by atoms with E-state index >= 15 is 0 Å². The van der Waals surface area contributed by atoms with Crippen LogP contribution in [-0.4, -0.2) is 89.5 Å². The van der Waals surface area contributed by atoms with Gasteiger partial charge in [-0.05, 0) is 55.8 Å². The molecule has 0 bridgehead atoms. The highest BCUT2D eigenvalue weighted by atomic mass is 35.5. The summed E-state index contributed by atoms with van der Waals surface area (Å²) in [6, 6.07) is 9.32. The second kappa shape index (κ2) is 16.4. The van der Waals surface area contributed by atoms with Crippen LogP contribution in [0.1, 0.15) is 66.2 Å². The first-order valence-corrected chi connectivity index (χ1v) is 17.3. The number of anilines is 1. The number of fused-ring (bicyclic) bond motifs is 1. The van der Waals surface area contributed by atoms with Crippen LogP contribution in [0.5, 0.6) is 0 Å². The van der Waals surface area contributed by atoms with Crippen molar-refractivity contribution < 1.29 is 27.6 Å². The maximum atomic E-state index is 14.1. The third kappa shape index (κ3) is 8.45. The minimum absolute atomic E-state index is 0.00640. The molecular formula is C35H40ClF3N10O3. The molecule has 1 fully saturated rings. The normalized spacial score (nSPS) is 13.2. The third-order valence-corrected chi connectivity index (χ3v) is 8.79. The lowest BCUT2D eigenvalue weighted by molar-refractivity contribution is -0.140. The minimum Gasteiger partial charge on any atom is -0.360 e. The summed E-state index contributed by atoms with van der Waals surface area (Å²) in [5.74, 6) is -0.927. The Kier molecular flexibility index (Phi) is 12.0. The standard InChI is InChI=1S/C31H29ClF3N9O3.C4H11N/c1-3-4-26(45)42-11-13-43(14-12-42)30(47)19-6-5-18(15-21(19)32)38-29(46)28-37-16-24(41(28)2)20-17-44(40-27(20)31(33,34)35)25-8-7-22-23(39-25)9-10-36-22;1-2-3-4-5/h5-10,15-17,36H,3-4,11-14H2,1-2H3,(H,38,46);2-5H2,1H3. The van der Waals surface area contributed by atoms with Crippen LogP contribution in [0.15, 0.2) is 55.0 Å². The van der Waals surface area contributed by atoms with Crippen LogP contribution < -0.4 is 11.1 Å². The fraction of sp³-hybridized carbons (Fsp3) is 0.371. The number of nitrogens with zero attached hydrogens (tertiary/aromatic N) is 7. The highest BCUT2D eigenvalue weighted by Gasteiger charge is 2.39. The Bertz CT molecular complexity index is 2040. The number of carbonyl (C=O) groups excluding carboxylic acids is 3. The lowest BCUT2D eigenvalue weighted by Gasteiger charge is -2.35. The number of aromatic amines is 1. The summed E-state index contributed by atoms with van der Waals surface area (Å²) in [6.45, 7) is 6.54. The quantitative estimate of drug-likeness (QED) is 0.170. The number of unbranched alkanes of at least 4 members (excludes halogenated alkanes) is 1. The van der Waals surface area contributed by atoms with E-state index in [9.17, 15) is 27.6 Å². The molecule has 1 aliphatic heterocycles. The van der Waals surface area contributed by atoms with Crippen LogP contribution in [0.4, 0.5) is 18.9 Å². The summed E-state index contributed by atoms with van der Waals surface area (Å²) in [5, 5.41) is 6.52. The summed E-state index contributed by atoms with van der Waals surface area (Å²) in [7, 11) is 1.42. The Hall–Kier alpha value is -5.22. The summed E-state index contributed by atoms with van der Waals surface area (Å²) in [5.41, 5.74) is 5.46. The molecule has 6 rings (SSSR count). The van der Waals surface area contributed by atoms with Gasteiger partial charge < -0.3 is 30.4 Å². The molecule has 13 nitrogen and oxygen atoms in total. The number of alkyl halides is 3. The first-order chi connectivity index (χ1) is 24.9. The van der Waals surface area contributed by atoms with Crippen molar-refractivity contribution in [2.75, 3.05) is 38.0 Å². The van der Waals surface area contributed by atoms with E-state index < -0.39 is 17.8 Å². The van der Waals surface area contributed by atoms with Gasteiger partial charge in [-0.15, -0.1) is 0 Å². The zero-order valence-corrected chi connectivity index (χ0v) is 29.8. The Morgan fingerprint density at radius 1 is 1.02 bits per heavy atom. The molecule has 0 aliphatic carbocycles. The van der Waals surface area contributed by atoms with Gasteiger partial charge >= 0.3 is 6.18 Å². The number of nitrogens with one attached hydrogen (secondary N) is 2. The van der Waals surface area contributed by atoms with E-state index in [2.05, 4.69) is 32.3 Å². The number of imidazole rings is 1. The largest absolute Gasteiger partial charge is 0.435 e. The molecule has 0 saturated carbocycles. The summed E-state index contributed by atoms with van der Waals surface area (Å²) in [4.78, 5) is 53.3. The van der Waals surface area contributed by atoms with Crippen molar-refractivity contribution in [3.63, 3.8) is 0 Å². The van der Waals surface area contributed by atoms with E-state index in [0.29, 0.717) is 38.1 Å². The van der Waals surface area contributed by atoms with E-state index in [1.807, 2.05) is 6.92 Å². The lowest BCUT2D eigenvalue weighted by atomic mass is 10.1. The van der Waals surface area contributed by atoms with Crippen molar-refractivity contribution in [3.8, 4) is 17.1 Å². The van der Waals surface area contributed by atoms with Gasteiger partial charge in [-0.2, -0.15) is 18.3 Å². The molecule has 5 heterocycles. The fourth-order valence-electron chi connectivity index (χ4n) is 5.67. The molecule has 17 heteroatoms. The van der Waals surface area contributed by atoms with Gasteiger partial charge in [-0.25, -0.2) is 14.6 Å². The average molecular weight is 741 g/mol. The number of aromatic nitrogens is 6. The van der Waals surface area contributed by atoms with Crippen molar-refractivity contribution in [2.24, 2.45) is 12.8 Å². The first kappa shape index (κ1) is 38.0. The smallest absolute Gasteiger partial charge is 0.360 e. The Balaban J connectivity index is 0.000000979. The summed E-state index contributed by atoms with van der Waals surface area (Å²) >= 11 is 6.44. The van der Waals surface area contributed by atoms with Gasteiger partial charge in [0.25, 0.3) is 11.8 Å². The number of amides is 3. The van der Waals surface area contributed by atoms with Crippen LogP contribution in [0.2, 0.25) is 5.02 Å². The van der Waals surface area contributed by atoms with Crippen LogP contribution in [-0.2, 0) is 18.0 Å². The lowest BCUT2D eigenvalue weighted by Crippen LogP contribution is -2.50. The summed E-state index contributed by atoms with van der Waals surface area (Å²) < 4.78 is 44.6. The first-order valence-electron chi connectivity index (χ1n) is 16.9. The topological polar surface area (TPSA) is 160 Å². The Morgan fingerprint density at radius 3 is 2.38 bits per heavy atom. The number of H-pyrrole nitrogens is 1. The van der Waals surface area contributed by atoms with Crippen molar-refractivity contribution >= 4 is 46.0 Å². The van der Waals surface area contributed by atoms with Gasteiger partial charge in [0, 0.05) is 57.7 Å². The maximum absolute atomic E-state index is 14.1. The van der Waals surface area contributed by atoms with E-state index in [1.165, 1.54) is 55.0 Å². The number of hydrogen-bond donors (Lipinski definition) is 3. The molecule has 3 amide bonds. The van der Waals surface area contributed by atoms with Gasteiger partial charge in [0.1, 0.15) is 0 Å². The third-order valence-electron chi connectivity index (χ3n) is 8.47. The van der Waals surface area contributed by atoms with Crippen molar-refractivity contribution in [1.82, 2.24) is 39.1 Å². The molecule has 52 heavy (non-hydrogen) atoms. The summed E-state index contributed by atoms with van der Waals surface area (Å²) in [6.07, 6.45) is 2.84. The van der Waals surface area contributed by atoms with Gasteiger partial charge in [0.05, 0.1) is 39.1 Å². The van der Waals surface area contributed by atoms with Crippen LogP contribution in [0.3, 0.4) is 0 Å². The number of benzene rings is 1. The number of rotatable bonds is 9. The number of piperazine rings is 1. The number of hydrogen-bond acceptors (Lipinski definition) is 7. The van der Waals surface area contributed by atoms with Gasteiger partial charge in [0.15, 0.2) is 17.3 Å². The van der Waals surface area contributed by atoms with Gasteiger partial charge in [-0.3, -0.25) is 14.4 Å². The molecule has 4 N–H and O–H groups in total. The molecule has 276 valence electrons. The van der Waals surface area contributed by atoms with Crippen LogP contribution in [0, 0.1) is 0 Å². The molecular weight excluding hydrogens is 701 g/mol. The highest BCUT2D eigenvalue weighted by molar-refractivity contribution is 6.34. The predicted octanol–water partition coefficient (Wildman–Crippen LogP) is 5.90. The van der Waals surface area contributed by atoms with Crippen molar-refractivity contribution in [3.05, 3.63) is 77.1 Å². The maximum Gasteiger partial charge on any atom is 0.435 e. The molecule has 0 radical (unpaired) electrons. The van der Waals surface area contributed by atoms with E-state index in [4.69, 9.17) is 17.3 Å². The Labute approximate surface area is 302 Å². The zero-order chi connectivity index (χ0) is 37.6. The molecule has 5 aromatic rings. The van der Waals surface area contributed by atoms with E-state index in [1.54, 1.807) is 34.2 Å². The van der Waals surface area contributed by atoms with E-state index in [0.717, 1.165) is 23.2 Å². The number of pyridine rings is 1. The number of halogens is 4. The fourth-order valence-corrected chi connectivity index (χ4v) is 5.93. The SMILES string of the molecule is CCCC(=O)N1CCN(C(=O)c2ccc(NC(=O)c3ncc(-c4cn(-c5ccc6[nH]ccc6n5)nc4C(F)(F)F)n3C)cc2Cl)CC1.CCCCN. The average Bonchev–Trinajstić information content (AvgIpc) is 3.87. The second-order valence-corrected chi connectivity index (χ2v) is 12.6. The molecule has 0 unspecified atom stereocenters. The van der Waals surface area contributed by atoms with Crippen molar-refractivity contribution in [2.45, 2.75) is 45.7 Å². The van der Waals surface area contributed by atoms with Gasteiger partial charge in [-0.1, -0.05) is 31.9 Å². The highest BCUT2D eigenvalue weighted by Crippen LogP contribution is 2.37. The molecule has 0 atom stereocenters. The second-order valence-electron chi connectivity index (χ2n) is 12.2. The predicted molar refractivity (Wildman–Crippen MR) is 191 cm³/mol. The molecule has 0 spiro atoms. The molecule has 1 saturated heterocycles. The van der Waals surface area contributed by atoms with Gasteiger partial charge in [0.2, 0.25) is 5.91 Å². The Morgan fingerprint density at radius 2 is 1.75 bits per heavy atom. The van der Waals surface area contributed by atoms with E-state index in [-0.39, 0.29) is 51.0 Å². The molecule has 1 aliphatic rings. The number of carbonyl (C=O) groups is 3. The minimum atomic E-state index is -4.80. The molecule has 1 aromatic carbocycles. The molecule has 4 aromatic heterocycles. The zero-order valence-electron chi connectivity index (χ0n) is 29.0. The van der Waals surface area contributed by atoms with Crippen LogP contribution >= 0.6 is 11.6 Å². The number of nitrogens with two attached hydrogens (primary N) is 1. The van der Waals surface area contributed by atoms with Crippen molar-refractivity contribution in [1.29, 1.82) is 0 Å². The van der Waals surface area contributed by atoms with Crippen LogP contribution in [0.25, 0.3) is 28.1 Å². The monoisotopic (exact) mass is 740 g/mol.